The monoisotopic (exact) mass is 368 g/mol. The Morgan fingerprint density at radius 1 is 1.07 bits per heavy atom. The minimum atomic E-state index is -0.473. The molecule has 0 spiro atoms. The van der Waals surface area contributed by atoms with E-state index in [-0.39, 0.29) is 6.09 Å². The van der Waals surface area contributed by atoms with Gasteiger partial charge in [0, 0.05) is 31.7 Å². The van der Waals surface area contributed by atoms with E-state index in [0.29, 0.717) is 26.2 Å². The molecule has 0 unspecified atom stereocenters. The summed E-state index contributed by atoms with van der Waals surface area (Å²) in [5, 5.41) is 0. The Kier molecular flexibility index (Phi) is 5.35. The maximum absolute atomic E-state index is 12.2. The minimum absolute atomic E-state index is 0.252. The summed E-state index contributed by atoms with van der Waals surface area (Å²) < 4.78 is 5.46. The first-order valence-corrected chi connectivity index (χ1v) is 9.36. The highest BCUT2D eigenvalue weighted by Gasteiger charge is 2.26. The summed E-state index contributed by atoms with van der Waals surface area (Å²) in [6.07, 6.45) is 3.34. The summed E-state index contributed by atoms with van der Waals surface area (Å²) in [4.78, 5) is 25.4. The molecule has 0 bridgehead atoms. The van der Waals surface area contributed by atoms with Crippen molar-refractivity contribution in [2.75, 3.05) is 31.1 Å². The molecule has 1 amide bonds. The molecule has 0 saturated carbocycles. The first kappa shape index (κ1) is 19.1. The number of aromatic nitrogens is 2. The van der Waals surface area contributed by atoms with Gasteiger partial charge >= 0.3 is 6.09 Å². The lowest BCUT2D eigenvalue weighted by molar-refractivity contribution is 0.0240. The summed E-state index contributed by atoms with van der Waals surface area (Å²) in [6.45, 7) is 12.5. The average Bonchev–Trinajstić information content (AvgIpc) is 2.63. The van der Waals surface area contributed by atoms with Gasteiger partial charge in [-0.2, -0.15) is 0 Å². The molecule has 2 aromatic rings. The van der Waals surface area contributed by atoms with Crippen molar-refractivity contribution >= 4 is 11.9 Å². The third-order valence-corrected chi connectivity index (χ3v) is 4.76. The van der Waals surface area contributed by atoms with Gasteiger partial charge in [-0.25, -0.2) is 9.78 Å². The molecular weight excluding hydrogens is 340 g/mol. The van der Waals surface area contributed by atoms with E-state index in [4.69, 9.17) is 9.72 Å². The molecule has 6 nitrogen and oxygen atoms in total. The van der Waals surface area contributed by atoms with E-state index in [1.165, 1.54) is 11.1 Å². The van der Waals surface area contributed by atoms with Crippen molar-refractivity contribution in [3.8, 4) is 11.3 Å². The number of aryl methyl sites for hydroxylation is 1. The van der Waals surface area contributed by atoms with Gasteiger partial charge < -0.3 is 14.5 Å². The Labute approximate surface area is 161 Å². The van der Waals surface area contributed by atoms with Crippen molar-refractivity contribution in [2.45, 2.75) is 40.2 Å². The Morgan fingerprint density at radius 3 is 2.44 bits per heavy atom. The van der Waals surface area contributed by atoms with Gasteiger partial charge in [-0.3, -0.25) is 4.98 Å². The second-order valence-corrected chi connectivity index (χ2v) is 7.96. The molecule has 0 atom stereocenters. The maximum Gasteiger partial charge on any atom is 0.410 e. The topological polar surface area (TPSA) is 58.6 Å². The van der Waals surface area contributed by atoms with Crippen molar-refractivity contribution < 1.29 is 9.53 Å². The van der Waals surface area contributed by atoms with E-state index in [1.807, 2.05) is 33.0 Å². The van der Waals surface area contributed by atoms with Gasteiger partial charge in [0.05, 0.1) is 18.1 Å². The minimum Gasteiger partial charge on any atom is -0.444 e. The van der Waals surface area contributed by atoms with Crippen molar-refractivity contribution in [2.24, 2.45) is 0 Å². The van der Waals surface area contributed by atoms with Gasteiger partial charge in [-0.15, -0.1) is 0 Å². The highest BCUT2D eigenvalue weighted by Crippen LogP contribution is 2.25. The first-order chi connectivity index (χ1) is 12.7. The lowest BCUT2D eigenvalue weighted by atomic mass is 10.0. The van der Waals surface area contributed by atoms with Gasteiger partial charge in [0.2, 0.25) is 0 Å². The molecule has 0 aliphatic carbocycles. The van der Waals surface area contributed by atoms with Crippen molar-refractivity contribution in [1.29, 1.82) is 0 Å². The number of anilines is 1. The Balaban J connectivity index is 1.70. The van der Waals surface area contributed by atoms with E-state index in [1.54, 1.807) is 11.1 Å². The van der Waals surface area contributed by atoms with Gasteiger partial charge in [-0.05, 0) is 45.7 Å². The van der Waals surface area contributed by atoms with Crippen LogP contribution in [0.15, 0.2) is 30.6 Å². The number of piperazine rings is 1. The molecule has 1 aromatic carbocycles. The molecule has 6 heteroatoms. The Morgan fingerprint density at radius 2 is 1.78 bits per heavy atom. The number of carbonyl (C=O) groups is 1. The normalized spacial score (nSPS) is 15.0. The van der Waals surface area contributed by atoms with Crippen LogP contribution in [0.4, 0.5) is 10.6 Å². The number of amides is 1. The predicted octanol–water partition coefficient (Wildman–Crippen LogP) is 3.82. The van der Waals surface area contributed by atoms with E-state index in [9.17, 15) is 4.79 Å². The lowest BCUT2D eigenvalue weighted by Crippen LogP contribution is -2.50. The summed E-state index contributed by atoms with van der Waals surface area (Å²) >= 11 is 0. The predicted molar refractivity (Wildman–Crippen MR) is 107 cm³/mol. The van der Waals surface area contributed by atoms with E-state index < -0.39 is 5.60 Å². The fourth-order valence-corrected chi connectivity index (χ4v) is 3.11. The lowest BCUT2D eigenvalue weighted by Gasteiger charge is -2.36. The van der Waals surface area contributed by atoms with Gasteiger partial charge in [-0.1, -0.05) is 18.2 Å². The number of rotatable bonds is 2. The molecule has 1 aromatic heterocycles. The van der Waals surface area contributed by atoms with Crippen LogP contribution >= 0.6 is 0 Å². The van der Waals surface area contributed by atoms with Crippen molar-refractivity contribution in [1.82, 2.24) is 14.9 Å². The van der Waals surface area contributed by atoms with Crippen LogP contribution in [0.5, 0.6) is 0 Å². The second-order valence-electron chi connectivity index (χ2n) is 7.96. The number of ether oxygens (including phenoxy) is 1. The number of benzene rings is 1. The molecule has 1 aliphatic heterocycles. The molecule has 0 N–H and O–H groups in total. The molecule has 144 valence electrons. The summed E-state index contributed by atoms with van der Waals surface area (Å²) in [5.74, 6) is 0.845. The van der Waals surface area contributed by atoms with Crippen LogP contribution in [0.25, 0.3) is 11.3 Å². The van der Waals surface area contributed by atoms with Crippen LogP contribution in [-0.4, -0.2) is 52.7 Å². The first-order valence-electron chi connectivity index (χ1n) is 9.36. The second kappa shape index (κ2) is 7.55. The highest BCUT2D eigenvalue weighted by molar-refractivity contribution is 5.69. The van der Waals surface area contributed by atoms with E-state index >= 15 is 0 Å². The fraction of sp³-hybridized carbons (Fsp3) is 0.476. The third-order valence-electron chi connectivity index (χ3n) is 4.76. The molecule has 0 radical (unpaired) electrons. The zero-order valence-electron chi connectivity index (χ0n) is 16.8. The highest BCUT2D eigenvalue weighted by atomic mass is 16.6. The molecule has 27 heavy (non-hydrogen) atoms. The van der Waals surface area contributed by atoms with Crippen molar-refractivity contribution in [3.63, 3.8) is 0 Å². The third kappa shape index (κ3) is 4.56. The van der Waals surface area contributed by atoms with Crippen LogP contribution in [0.3, 0.4) is 0 Å². The number of carbonyl (C=O) groups excluding carboxylic acids is 1. The van der Waals surface area contributed by atoms with Crippen LogP contribution in [0.1, 0.15) is 31.9 Å². The average molecular weight is 368 g/mol. The van der Waals surface area contributed by atoms with E-state index in [0.717, 1.165) is 17.1 Å². The summed E-state index contributed by atoms with van der Waals surface area (Å²) in [7, 11) is 0. The zero-order chi connectivity index (χ0) is 19.6. The zero-order valence-corrected chi connectivity index (χ0v) is 16.8. The van der Waals surface area contributed by atoms with E-state index in [2.05, 4.69) is 35.9 Å². The molecule has 1 saturated heterocycles. The summed E-state index contributed by atoms with van der Waals surface area (Å²) in [6, 6.07) is 6.23. The largest absolute Gasteiger partial charge is 0.444 e. The molecule has 3 rings (SSSR count). The fourth-order valence-electron chi connectivity index (χ4n) is 3.11. The Bertz CT molecular complexity index is 821. The van der Waals surface area contributed by atoms with Crippen LogP contribution in [-0.2, 0) is 4.74 Å². The van der Waals surface area contributed by atoms with Crippen molar-refractivity contribution in [3.05, 3.63) is 41.7 Å². The van der Waals surface area contributed by atoms with Gasteiger partial charge in [0.1, 0.15) is 11.4 Å². The number of nitrogens with zero attached hydrogens (tertiary/aromatic N) is 4. The molecule has 1 aliphatic rings. The van der Waals surface area contributed by atoms with Gasteiger partial charge in [0.15, 0.2) is 0 Å². The SMILES string of the molecule is Cc1cccc(-c2cncc(N3CCN(C(=O)OC(C)(C)C)CC3)n2)c1C. The van der Waals surface area contributed by atoms with Crippen LogP contribution < -0.4 is 4.90 Å². The van der Waals surface area contributed by atoms with Crippen LogP contribution in [0.2, 0.25) is 0 Å². The molecule has 2 heterocycles. The van der Waals surface area contributed by atoms with Gasteiger partial charge in [0.25, 0.3) is 0 Å². The summed E-state index contributed by atoms with van der Waals surface area (Å²) in [5.41, 5.74) is 3.98. The van der Waals surface area contributed by atoms with Crippen LogP contribution in [0, 0.1) is 13.8 Å². The Hall–Kier alpha value is -2.63. The maximum atomic E-state index is 12.2. The smallest absolute Gasteiger partial charge is 0.410 e. The number of hydrogen-bond acceptors (Lipinski definition) is 5. The molecule has 1 fully saturated rings. The molecular formula is C21H28N4O2. The number of hydrogen-bond donors (Lipinski definition) is 0. The quantitative estimate of drug-likeness (QED) is 0.806. The standard InChI is InChI=1S/C21H28N4O2/c1-15-7-6-8-17(16(15)2)18-13-22-14-19(23-18)24-9-11-25(12-10-24)20(26)27-21(3,4)5/h6-8,13-14H,9-12H2,1-5H3.